The first-order chi connectivity index (χ1) is 8.75. The van der Waals surface area contributed by atoms with Gasteiger partial charge in [0.2, 0.25) is 5.91 Å². The first kappa shape index (κ1) is 13.2. The highest BCUT2D eigenvalue weighted by Crippen LogP contribution is 2.13. The minimum Gasteiger partial charge on any atom is -0.493 e. The predicted octanol–water partition coefficient (Wildman–Crippen LogP) is 2.17. The number of benzene rings is 1. The minimum atomic E-state index is -0.288. The summed E-state index contributed by atoms with van der Waals surface area (Å²) in [6.45, 7) is 2.01. The molecule has 1 saturated heterocycles. The van der Waals surface area contributed by atoms with Gasteiger partial charge in [-0.1, -0.05) is 0 Å². The van der Waals surface area contributed by atoms with Gasteiger partial charge in [-0.3, -0.25) is 4.79 Å². The van der Waals surface area contributed by atoms with Crippen molar-refractivity contribution < 1.29 is 13.9 Å². The molecule has 18 heavy (non-hydrogen) atoms. The normalized spacial score (nSPS) is 15.5. The molecule has 5 heteroatoms. The van der Waals surface area contributed by atoms with Crippen molar-refractivity contribution in [3.05, 3.63) is 30.1 Å². The van der Waals surface area contributed by atoms with Gasteiger partial charge in [0.15, 0.2) is 0 Å². The first-order valence-electron chi connectivity index (χ1n) is 5.99. The van der Waals surface area contributed by atoms with E-state index in [-0.39, 0.29) is 11.7 Å². The Kier molecular flexibility index (Phi) is 4.87. The van der Waals surface area contributed by atoms with Crippen molar-refractivity contribution in [2.45, 2.75) is 6.42 Å². The van der Waals surface area contributed by atoms with Crippen LogP contribution in [0.25, 0.3) is 0 Å². The average molecular weight is 269 g/mol. The molecule has 1 aliphatic heterocycles. The van der Waals surface area contributed by atoms with E-state index in [1.54, 1.807) is 12.1 Å². The number of thioether (sulfide) groups is 1. The van der Waals surface area contributed by atoms with Crippen molar-refractivity contribution in [3.8, 4) is 5.75 Å². The van der Waals surface area contributed by atoms with Gasteiger partial charge in [0.25, 0.3) is 0 Å². The summed E-state index contributed by atoms with van der Waals surface area (Å²) in [7, 11) is 0. The molecule has 1 aromatic rings. The highest BCUT2D eigenvalue weighted by atomic mass is 32.2. The number of halogens is 1. The Morgan fingerprint density at radius 1 is 1.28 bits per heavy atom. The third kappa shape index (κ3) is 3.91. The molecule has 1 heterocycles. The van der Waals surface area contributed by atoms with Gasteiger partial charge in [-0.2, -0.15) is 11.8 Å². The monoisotopic (exact) mass is 269 g/mol. The zero-order valence-electron chi connectivity index (χ0n) is 10.1. The number of nitrogens with zero attached hydrogens (tertiary/aromatic N) is 1. The molecule has 0 spiro atoms. The maximum absolute atomic E-state index is 12.7. The van der Waals surface area contributed by atoms with Crippen LogP contribution < -0.4 is 4.74 Å². The molecular formula is C13H16FNO2S. The summed E-state index contributed by atoms with van der Waals surface area (Å²) in [5.74, 6) is 2.48. The van der Waals surface area contributed by atoms with Crippen LogP contribution in [0.2, 0.25) is 0 Å². The Hall–Kier alpha value is -1.23. The molecule has 0 unspecified atom stereocenters. The fourth-order valence-electron chi connectivity index (χ4n) is 1.76. The summed E-state index contributed by atoms with van der Waals surface area (Å²) in [5.41, 5.74) is 0. The molecule has 1 aromatic carbocycles. The second-order valence-electron chi connectivity index (χ2n) is 4.05. The summed E-state index contributed by atoms with van der Waals surface area (Å²) < 4.78 is 18.1. The second kappa shape index (κ2) is 6.64. The van der Waals surface area contributed by atoms with E-state index in [4.69, 9.17) is 4.74 Å². The third-order valence-corrected chi connectivity index (χ3v) is 3.70. The van der Waals surface area contributed by atoms with Crippen molar-refractivity contribution in [3.63, 3.8) is 0 Å². The number of hydrogen-bond acceptors (Lipinski definition) is 3. The molecule has 1 aliphatic rings. The summed E-state index contributed by atoms with van der Waals surface area (Å²) in [4.78, 5) is 13.7. The zero-order valence-corrected chi connectivity index (χ0v) is 10.9. The van der Waals surface area contributed by atoms with Gasteiger partial charge in [-0.25, -0.2) is 4.39 Å². The van der Waals surface area contributed by atoms with Gasteiger partial charge in [-0.05, 0) is 24.3 Å². The topological polar surface area (TPSA) is 29.5 Å². The highest BCUT2D eigenvalue weighted by molar-refractivity contribution is 7.99. The Labute approximate surface area is 110 Å². The number of amides is 1. The minimum absolute atomic E-state index is 0.136. The van der Waals surface area contributed by atoms with Gasteiger partial charge in [0.05, 0.1) is 13.0 Å². The summed E-state index contributed by atoms with van der Waals surface area (Å²) in [6.07, 6.45) is 0.377. The third-order valence-electron chi connectivity index (χ3n) is 2.76. The van der Waals surface area contributed by atoms with Crippen LogP contribution in [-0.4, -0.2) is 42.0 Å². The lowest BCUT2D eigenvalue weighted by molar-refractivity contribution is -0.131. The Balaban J connectivity index is 1.71. The zero-order chi connectivity index (χ0) is 12.8. The first-order valence-corrected chi connectivity index (χ1v) is 7.15. The van der Waals surface area contributed by atoms with E-state index >= 15 is 0 Å². The van der Waals surface area contributed by atoms with Crippen molar-refractivity contribution in [1.29, 1.82) is 0 Å². The van der Waals surface area contributed by atoms with E-state index in [1.807, 2.05) is 16.7 Å². The van der Waals surface area contributed by atoms with E-state index < -0.39 is 0 Å². The van der Waals surface area contributed by atoms with Crippen LogP contribution in [0.4, 0.5) is 4.39 Å². The van der Waals surface area contributed by atoms with Crippen LogP contribution in [0.5, 0.6) is 5.75 Å². The molecule has 0 radical (unpaired) electrons. The molecule has 1 amide bonds. The van der Waals surface area contributed by atoms with Crippen molar-refractivity contribution >= 4 is 17.7 Å². The van der Waals surface area contributed by atoms with E-state index in [2.05, 4.69) is 0 Å². The molecule has 0 atom stereocenters. The smallest absolute Gasteiger partial charge is 0.226 e. The van der Waals surface area contributed by atoms with Crippen molar-refractivity contribution in [2.75, 3.05) is 31.2 Å². The van der Waals surface area contributed by atoms with Gasteiger partial charge in [0, 0.05) is 24.6 Å². The number of ether oxygens (including phenoxy) is 1. The van der Waals surface area contributed by atoms with E-state index in [0.717, 1.165) is 24.6 Å². The number of rotatable bonds is 4. The van der Waals surface area contributed by atoms with Gasteiger partial charge >= 0.3 is 0 Å². The van der Waals surface area contributed by atoms with Crippen LogP contribution in [-0.2, 0) is 4.79 Å². The molecule has 3 nitrogen and oxygen atoms in total. The number of carbonyl (C=O) groups is 1. The summed E-state index contributed by atoms with van der Waals surface area (Å²) in [5, 5.41) is 0. The maximum atomic E-state index is 12.7. The second-order valence-corrected chi connectivity index (χ2v) is 5.27. The van der Waals surface area contributed by atoms with Gasteiger partial charge in [0.1, 0.15) is 11.6 Å². The van der Waals surface area contributed by atoms with E-state index in [0.29, 0.717) is 18.8 Å². The van der Waals surface area contributed by atoms with Gasteiger partial charge in [-0.15, -0.1) is 0 Å². The Morgan fingerprint density at radius 3 is 2.61 bits per heavy atom. The molecular weight excluding hydrogens is 253 g/mol. The molecule has 0 N–H and O–H groups in total. The molecule has 1 fully saturated rings. The standard InChI is InChI=1S/C13H16FNO2S/c14-11-1-3-12(4-2-11)17-8-5-13(16)15-6-9-18-10-7-15/h1-4H,5-10H2. The molecule has 98 valence electrons. The van der Waals surface area contributed by atoms with Crippen LogP contribution >= 0.6 is 11.8 Å². The fourth-order valence-corrected chi connectivity index (χ4v) is 2.66. The SMILES string of the molecule is O=C(CCOc1ccc(F)cc1)N1CCSCC1. The van der Waals surface area contributed by atoms with Crippen LogP contribution in [0.15, 0.2) is 24.3 Å². The lowest BCUT2D eigenvalue weighted by Crippen LogP contribution is -2.38. The number of carbonyl (C=O) groups excluding carboxylic acids is 1. The van der Waals surface area contributed by atoms with Crippen LogP contribution in [0.1, 0.15) is 6.42 Å². The molecule has 0 aromatic heterocycles. The molecule has 0 saturated carbocycles. The predicted molar refractivity (Wildman–Crippen MR) is 70.4 cm³/mol. The van der Waals surface area contributed by atoms with Crippen molar-refractivity contribution in [2.24, 2.45) is 0 Å². The quantitative estimate of drug-likeness (QED) is 0.839. The van der Waals surface area contributed by atoms with Crippen LogP contribution in [0, 0.1) is 5.82 Å². The molecule has 0 bridgehead atoms. The Morgan fingerprint density at radius 2 is 1.94 bits per heavy atom. The summed E-state index contributed by atoms with van der Waals surface area (Å²) in [6, 6.07) is 5.83. The van der Waals surface area contributed by atoms with E-state index in [9.17, 15) is 9.18 Å². The highest BCUT2D eigenvalue weighted by Gasteiger charge is 2.16. The summed E-state index contributed by atoms with van der Waals surface area (Å²) >= 11 is 1.88. The van der Waals surface area contributed by atoms with Gasteiger partial charge < -0.3 is 9.64 Å². The maximum Gasteiger partial charge on any atom is 0.226 e. The molecule has 0 aliphatic carbocycles. The molecule has 2 rings (SSSR count). The average Bonchev–Trinajstić information content (AvgIpc) is 2.42. The lowest BCUT2D eigenvalue weighted by atomic mass is 10.3. The van der Waals surface area contributed by atoms with E-state index in [1.165, 1.54) is 12.1 Å². The lowest BCUT2D eigenvalue weighted by Gasteiger charge is -2.26. The fraction of sp³-hybridized carbons (Fsp3) is 0.462. The Bertz CT molecular complexity index is 390. The largest absolute Gasteiger partial charge is 0.493 e. The number of hydrogen-bond donors (Lipinski definition) is 0. The van der Waals surface area contributed by atoms with Crippen molar-refractivity contribution in [1.82, 2.24) is 4.90 Å². The van der Waals surface area contributed by atoms with Crippen LogP contribution in [0.3, 0.4) is 0 Å².